The van der Waals surface area contributed by atoms with Crippen LogP contribution in [0.1, 0.15) is 23.0 Å². The van der Waals surface area contributed by atoms with Crippen LogP contribution in [0.2, 0.25) is 5.02 Å². The Kier molecular flexibility index (Phi) is 6.02. The number of carbonyl (C=O) groups is 1. The summed E-state index contributed by atoms with van der Waals surface area (Å²) in [5, 5.41) is 12.4. The van der Waals surface area contributed by atoms with Gasteiger partial charge in [0.15, 0.2) is 5.82 Å². The number of aliphatic hydroxyl groups excluding tert-OH is 1. The van der Waals surface area contributed by atoms with Crippen molar-refractivity contribution in [3.05, 3.63) is 70.6 Å². The van der Waals surface area contributed by atoms with Crippen LogP contribution in [-0.2, 0) is 0 Å². The molecule has 0 radical (unpaired) electrons. The lowest BCUT2D eigenvalue weighted by molar-refractivity contribution is 0.0917. The van der Waals surface area contributed by atoms with Crippen LogP contribution < -0.4 is 5.32 Å². The number of halogens is 2. The summed E-state index contributed by atoms with van der Waals surface area (Å²) >= 11 is 5.96. The monoisotopic (exact) mass is 399 g/mol. The molecule has 0 aliphatic heterocycles. The normalized spacial score (nSPS) is 11.9. The number of aliphatic hydroxyl groups is 1. The minimum atomic E-state index is -0.431. The first kappa shape index (κ1) is 19.9. The van der Waals surface area contributed by atoms with E-state index in [0.717, 1.165) is 5.56 Å². The summed E-state index contributed by atoms with van der Waals surface area (Å²) in [5.74, 6) is -0.455. The molecule has 1 amide bonds. The first-order valence-electron chi connectivity index (χ1n) is 8.70. The number of nitrogens with zero attached hydrogens (tertiary/aromatic N) is 2. The Labute approximate surface area is 167 Å². The molecule has 7 heteroatoms. The van der Waals surface area contributed by atoms with Crippen LogP contribution in [-0.4, -0.2) is 33.6 Å². The largest absolute Gasteiger partial charge is 0.394 e. The summed E-state index contributed by atoms with van der Waals surface area (Å²) in [5.41, 5.74) is 2.50. The van der Waals surface area contributed by atoms with Crippen LogP contribution in [0.4, 0.5) is 4.39 Å². The number of aromatic nitrogens is 2. The van der Waals surface area contributed by atoms with E-state index in [-0.39, 0.29) is 18.1 Å². The molecular formula is C21H19ClFN3O2. The first-order valence-corrected chi connectivity index (χ1v) is 9.08. The molecule has 2 N–H and O–H groups in total. The standard InChI is InChI=1S/C21H19ClFN3O2/c1-12-9-15(5-8-17(12)23)20-25-18(14-3-6-16(22)7-4-14)10-19(26-20)21(28)24-13(2)11-27/h3-10,13,27H,11H2,1-2H3,(H,24,28). The molecule has 144 valence electrons. The first-order chi connectivity index (χ1) is 13.4. The van der Waals surface area contributed by atoms with Crippen LogP contribution in [0.15, 0.2) is 48.5 Å². The predicted octanol–water partition coefficient (Wildman–Crippen LogP) is 4.02. The highest BCUT2D eigenvalue weighted by Gasteiger charge is 2.16. The number of aryl methyl sites for hydroxylation is 1. The van der Waals surface area contributed by atoms with Crippen molar-refractivity contribution < 1.29 is 14.3 Å². The summed E-state index contributed by atoms with van der Waals surface area (Å²) in [4.78, 5) is 21.5. The SMILES string of the molecule is Cc1cc(-c2nc(C(=O)NC(C)CO)cc(-c3ccc(Cl)cc3)n2)ccc1F. The van der Waals surface area contributed by atoms with Crippen LogP contribution >= 0.6 is 11.6 Å². The fourth-order valence-corrected chi connectivity index (χ4v) is 2.71. The van der Waals surface area contributed by atoms with Crippen molar-refractivity contribution in [1.29, 1.82) is 0 Å². The second kappa shape index (κ2) is 8.46. The minimum absolute atomic E-state index is 0.150. The third-order valence-corrected chi connectivity index (χ3v) is 4.42. The lowest BCUT2D eigenvalue weighted by atomic mass is 10.1. The molecule has 5 nitrogen and oxygen atoms in total. The average molecular weight is 400 g/mol. The Hall–Kier alpha value is -2.83. The van der Waals surface area contributed by atoms with Gasteiger partial charge in [0, 0.05) is 22.2 Å². The van der Waals surface area contributed by atoms with Crippen molar-refractivity contribution in [2.24, 2.45) is 0 Å². The molecule has 0 aliphatic rings. The van der Waals surface area contributed by atoms with E-state index in [0.29, 0.717) is 27.7 Å². The highest BCUT2D eigenvalue weighted by molar-refractivity contribution is 6.30. The van der Waals surface area contributed by atoms with Gasteiger partial charge in [0.2, 0.25) is 0 Å². The number of hydrogen-bond donors (Lipinski definition) is 2. The molecule has 0 spiro atoms. The van der Waals surface area contributed by atoms with Crippen LogP contribution in [0.3, 0.4) is 0 Å². The van der Waals surface area contributed by atoms with Crippen molar-refractivity contribution in [2.45, 2.75) is 19.9 Å². The van der Waals surface area contributed by atoms with E-state index < -0.39 is 11.9 Å². The van der Waals surface area contributed by atoms with Gasteiger partial charge in [0.05, 0.1) is 12.3 Å². The quantitative estimate of drug-likeness (QED) is 0.679. The van der Waals surface area contributed by atoms with E-state index in [2.05, 4.69) is 15.3 Å². The van der Waals surface area contributed by atoms with Crippen LogP contribution in [0.5, 0.6) is 0 Å². The Morgan fingerprint density at radius 2 is 1.82 bits per heavy atom. The van der Waals surface area contributed by atoms with Gasteiger partial charge in [-0.1, -0.05) is 23.7 Å². The van der Waals surface area contributed by atoms with E-state index in [1.807, 2.05) is 0 Å². The molecule has 0 fully saturated rings. The fourth-order valence-electron chi connectivity index (χ4n) is 2.59. The molecule has 0 saturated carbocycles. The smallest absolute Gasteiger partial charge is 0.270 e. The summed E-state index contributed by atoms with van der Waals surface area (Å²) in [6, 6.07) is 12.8. The summed E-state index contributed by atoms with van der Waals surface area (Å²) < 4.78 is 13.6. The van der Waals surface area contributed by atoms with Crippen LogP contribution in [0, 0.1) is 12.7 Å². The molecule has 0 aliphatic carbocycles. The number of carbonyl (C=O) groups excluding carboxylic acids is 1. The van der Waals surface area contributed by atoms with E-state index in [1.54, 1.807) is 56.3 Å². The predicted molar refractivity (Wildman–Crippen MR) is 107 cm³/mol. The van der Waals surface area contributed by atoms with E-state index >= 15 is 0 Å². The van der Waals surface area contributed by atoms with E-state index in [1.165, 1.54) is 6.07 Å². The Morgan fingerprint density at radius 1 is 1.14 bits per heavy atom. The highest BCUT2D eigenvalue weighted by Crippen LogP contribution is 2.25. The number of amides is 1. The Balaban J connectivity index is 2.11. The lowest BCUT2D eigenvalue weighted by Gasteiger charge is -2.12. The third-order valence-electron chi connectivity index (χ3n) is 4.17. The molecule has 1 aromatic heterocycles. The fraction of sp³-hybridized carbons (Fsp3) is 0.190. The Morgan fingerprint density at radius 3 is 2.46 bits per heavy atom. The Bertz CT molecular complexity index is 1010. The van der Waals surface area contributed by atoms with Gasteiger partial charge >= 0.3 is 0 Å². The molecule has 1 atom stereocenters. The van der Waals surface area contributed by atoms with Crippen molar-refractivity contribution in [3.8, 4) is 22.6 Å². The number of benzene rings is 2. The average Bonchev–Trinajstić information content (AvgIpc) is 2.70. The molecule has 0 bridgehead atoms. The van der Waals surface area contributed by atoms with Gasteiger partial charge < -0.3 is 10.4 Å². The maximum absolute atomic E-state index is 13.6. The summed E-state index contributed by atoms with van der Waals surface area (Å²) in [6.07, 6.45) is 0. The molecule has 3 aromatic rings. The topological polar surface area (TPSA) is 75.1 Å². The van der Waals surface area contributed by atoms with Gasteiger partial charge in [-0.15, -0.1) is 0 Å². The lowest BCUT2D eigenvalue weighted by Crippen LogP contribution is -2.35. The van der Waals surface area contributed by atoms with Gasteiger partial charge in [-0.05, 0) is 55.8 Å². The molecule has 0 saturated heterocycles. The van der Waals surface area contributed by atoms with Crippen molar-refractivity contribution in [1.82, 2.24) is 15.3 Å². The van der Waals surface area contributed by atoms with Gasteiger partial charge in [-0.25, -0.2) is 14.4 Å². The van der Waals surface area contributed by atoms with Crippen LogP contribution in [0.25, 0.3) is 22.6 Å². The molecule has 1 heterocycles. The van der Waals surface area contributed by atoms with Crippen molar-refractivity contribution >= 4 is 17.5 Å². The van der Waals surface area contributed by atoms with E-state index in [9.17, 15) is 14.3 Å². The molecule has 2 aromatic carbocycles. The van der Waals surface area contributed by atoms with Gasteiger partial charge in [-0.2, -0.15) is 0 Å². The highest BCUT2D eigenvalue weighted by atomic mass is 35.5. The molecule has 28 heavy (non-hydrogen) atoms. The molecule has 3 rings (SSSR count). The van der Waals surface area contributed by atoms with Gasteiger partial charge in [0.25, 0.3) is 5.91 Å². The van der Waals surface area contributed by atoms with Crippen molar-refractivity contribution in [3.63, 3.8) is 0 Å². The zero-order valence-electron chi connectivity index (χ0n) is 15.4. The zero-order chi connectivity index (χ0) is 20.3. The summed E-state index contributed by atoms with van der Waals surface area (Å²) in [7, 11) is 0. The van der Waals surface area contributed by atoms with Crippen molar-refractivity contribution in [2.75, 3.05) is 6.61 Å². The second-order valence-electron chi connectivity index (χ2n) is 6.49. The van der Waals surface area contributed by atoms with E-state index in [4.69, 9.17) is 11.6 Å². The summed E-state index contributed by atoms with van der Waals surface area (Å²) in [6.45, 7) is 3.15. The van der Waals surface area contributed by atoms with Gasteiger partial charge in [-0.3, -0.25) is 4.79 Å². The maximum Gasteiger partial charge on any atom is 0.270 e. The third kappa shape index (κ3) is 4.52. The maximum atomic E-state index is 13.6. The number of hydrogen-bond acceptors (Lipinski definition) is 4. The number of nitrogens with one attached hydrogen (secondary N) is 1. The van der Waals surface area contributed by atoms with Gasteiger partial charge in [0.1, 0.15) is 11.5 Å². The molecular weight excluding hydrogens is 381 g/mol. The number of rotatable bonds is 5. The second-order valence-corrected chi connectivity index (χ2v) is 6.93. The molecule has 1 unspecified atom stereocenters. The zero-order valence-corrected chi connectivity index (χ0v) is 16.2. The minimum Gasteiger partial charge on any atom is -0.394 e.